The first kappa shape index (κ1) is 27.5. The highest BCUT2D eigenvalue weighted by Gasteiger charge is 2.46. The minimum Gasteiger partial charge on any atom is -0.503 e. The molecular weight excluding hydrogens is 577 g/mol. The Bertz CT molecular complexity index is 1580. The molecule has 200 valence electrons. The van der Waals surface area contributed by atoms with Crippen molar-refractivity contribution >= 4 is 63.1 Å². The average Bonchev–Trinajstić information content (AvgIpc) is 3.64. The number of anilines is 1. The van der Waals surface area contributed by atoms with E-state index in [0.717, 1.165) is 11.1 Å². The number of carbonyl (C=O) groups excluding carboxylic acids is 2. The van der Waals surface area contributed by atoms with Crippen LogP contribution in [0.15, 0.2) is 80.9 Å². The highest BCUT2D eigenvalue weighted by Crippen LogP contribution is 2.44. The number of ketones is 1. The number of hydrogen-bond acceptors (Lipinski definition) is 8. The maximum atomic E-state index is 13.4. The Morgan fingerprint density at radius 3 is 2.51 bits per heavy atom. The second kappa shape index (κ2) is 10.8. The number of Topliss-reactive ketones (excluding diaryl/α,β-unsaturated/α-hetero) is 1. The lowest BCUT2D eigenvalue weighted by Crippen LogP contribution is -2.31. The molecule has 1 atom stereocenters. The van der Waals surface area contributed by atoms with Gasteiger partial charge in [0.05, 0.1) is 17.9 Å². The van der Waals surface area contributed by atoms with Gasteiger partial charge in [0, 0.05) is 15.8 Å². The Balaban J connectivity index is 1.49. The third-order valence-electron chi connectivity index (χ3n) is 6.26. The number of nitrogens with zero attached hydrogens (tertiary/aromatic N) is 3. The SMILES string of the molecule is CC(C)(C)c1ccc(C2C(C(=O)c3ccco3)=C(O)C(=O)N2c2nnc(SCc3ccc(Cl)cc3Cl)s2)cc1. The van der Waals surface area contributed by atoms with Crippen molar-refractivity contribution in [2.75, 3.05) is 4.90 Å². The van der Waals surface area contributed by atoms with E-state index in [-0.39, 0.29) is 21.9 Å². The van der Waals surface area contributed by atoms with Crippen LogP contribution >= 0.6 is 46.3 Å². The van der Waals surface area contributed by atoms with E-state index in [1.807, 2.05) is 30.3 Å². The van der Waals surface area contributed by atoms with Crippen molar-refractivity contribution in [1.29, 1.82) is 0 Å². The first-order valence-corrected chi connectivity index (χ1v) is 14.5. The van der Waals surface area contributed by atoms with Crippen LogP contribution in [-0.2, 0) is 16.0 Å². The predicted molar refractivity (Wildman–Crippen MR) is 154 cm³/mol. The van der Waals surface area contributed by atoms with Crippen LogP contribution in [0.3, 0.4) is 0 Å². The summed E-state index contributed by atoms with van der Waals surface area (Å²) in [4.78, 5) is 28.1. The maximum Gasteiger partial charge on any atom is 0.296 e. The fourth-order valence-corrected chi connectivity index (χ4v) is 6.62. The number of halogens is 2. The Kier molecular flexibility index (Phi) is 7.61. The molecule has 0 fully saturated rings. The van der Waals surface area contributed by atoms with Crippen molar-refractivity contribution in [3.63, 3.8) is 0 Å². The van der Waals surface area contributed by atoms with Crippen LogP contribution in [0.1, 0.15) is 54.1 Å². The molecule has 0 aliphatic carbocycles. The van der Waals surface area contributed by atoms with E-state index < -0.39 is 23.5 Å². The summed E-state index contributed by atoms with van der Waals surface area (Å²) in [7, 11) is 0. The van der Waals surface area contributed by atoms with Crippen molar-refractivity contribution in [3.8, 4) is 0 Å². The normalized spacial score (nSPS) is 15.9. The Morgan fingerprint density at radius 1 is 1.13 bits per heavy atom. The van der Waals surface area contributed by atoms with E-state index in [1.54, 1.807) is 18.2 Å². The third-order valence-corrected chi connectivity index (χ3v) is 8.95. The molecule has 1 unspecified atom stereocenters. The van der Waals surface area contributed by atoms with Crippen molar-refractivity contribution in [2.45, 2.75) is 42.3 Å². The minimum absolute atomic E-state index is 0.0239. The first-order chi connectivity index (χ1) is 18.5. The highest BCUT2D eigenvalue weighted by molar-refractivity contribution is 8.00. The van der Waals surface area contributed by atoms with E-state index >= 15 is 0 Å². The number of rotatable bonds is 7. The highest BCUT2D eigenvalue weighted by atomic mass is 35.5. The van der Waals surface area contributed by atoms with Gasteiger partial charge in [-0.25, -0.2) is 0 Å². The molecule has 2 aromatic heterocycles. The lowest BCUT2D eigenvalue weighted by atomic mass is 9.85. The first-order valence-electron chi connectivity index (χ1n) is 11.9. The van der Waals surface area contributed by atoms with Crippen LogP contribution < -0.4 is 4.90 Å². The van der Waals surface area contributed by atoms with Crippen LogP contribution in [-0.4, -0.2) is 27.0 Å². The molecule has 11 heteroatoms. The summed E-state index contributed by atoms with van der Waals surface area (Å²) < 4.78 is 5.90. The van der Waals surface area contributed by atoms with Gasteiger partial charge in [-0.05, 0) is 46.4 Å². The molecule has 1 amide bonds. The van der Waals surface area contributed by atoms with Gasteiger partial charge in [0.2, 0.25) is 10.9 Å². The second-order valence-corrected chi connectivity index (χ2v) is 12.9. The fraction of sp³-hybridized carbons (Fsp3) is 0.214. The lowest BCUT2D eigenvalue weighted by Gasteiger charge is -2.25. The summed E-state index contributed by atoms with van der Waals surface area (Å²) in [5, 5.41) is 20.8. The number of thioether (sulfide) groups is 1. The average molecular weight is 601 g/mol. The number of furan rings is 1. The molecule has 0 radical (unpaired) electrons. The number of amides is 1. The van der Waals surface area contributed by atoms with Crippen LogP contribution in [0.4, 0.5) is 5.13 Å². The quantitative estimate of drug-likeness (QED) is 0.131. The predicted octanol–water partition coefficient (Wildman–Crippen LogP) is 7.81. The number of aliphatic hydroxyl groups is 1. The molecule has 0 spiro atoms. The summed E-state index contributed by atoms with van der Waals surface area (Å²) in [5.41, 5.74) is 2.45. The van der Waals surface area contributed by atoms with E-state index in [4.69, 9.17) is 27.6 Å². The molecule has 0 saturated carbocycles. The van der Waals surface area contributed by atoms with E-state index in [2.05, 4.69) is 31.0 Å². The van der Waals surface area contributed by atoms with Gasteiger partial charge >= 0.3 is 0 Å². The fourth-order valence-electron chi connectivity index (χ4n) is 4.19. The molecule has 7 nitrogen and oxygen atoms in total. The summed E-state index contributed by atoms with van der Waals surface area (Å²) in [6.45, 7) is 6.30. The Hall–Kier alpha value is -3.11. The van der Waals surface area contributed by atoms with Crippen LogP contribution in [0.25, 0.3) is 0 Å². The van der Waals surface area contributed by atoms with Crippen LogP contribution in [0.2, 0.25) is 10.0 Å². The molecule has 0 saturated heterocycles. The lowest BCUT2D eigenvalue weighted by molar-refractivity contribution is -0.117. The summed E-state index contributed by atoms with van der Waals surface area (Å²) in [6.07, 6.45) is 1.37. The van der Waals surface area contributed by atoms with Crippen molar-refractivity contribution in [3.05, 3.63) is 105 Å². The van der Waals surface area contributed by atoms with Gasteiger partial charge in [-0.15, -0.1) is 10.2 Å². The molecule has 0 bridgehead atoms. The zero-order valence-corrected chi connectivity index (χ0v) is 24.3. The summed E-state index contributed by atoms with van der Waals surface area (Å²) in [6, 6.07) is 15.1. The number of carbonyl (C=O) groups is 2. The maximum absolute atomic E-state index is 13.4. The van der Waals surface area contributed by atoms with Gasteiger partial charge in [0.25, 0.3) is 5.91 Å². The second-order valence-electron chi connectivity index (χ2n) is 9.89. The van der Waals surface area contributed by atoms with Gasteiger partial charge in [0.15, 0.2) is 15.9 Å². The van der Waals surface area contributed by atoms with E-state index in [9.17, 15) is 14.7 Å². The Labute approximate surface area is 243 Å². The number of aromatic nitrogens is 2. The molecule has 4 aromatic rings. The Morgan fingerprint density at radius 2 is 1.87 bits per heavy atom. The number of benzene rings is 2. The zero-order valence-electron chi connectivity index (χ0n) is 21.1. The third kappa shape index (κ3) is 5.49. The van der Waals surface area contributed by atoms with Gasteiger partial charge in [0.1, 0.15) is 0 Å². The van der Waals surface area contributed by atoms with Crippen molar-refractivity contribution in [2.24, 2.45) is 0 Å². The van der Waals surface area contributed by atoms with Crippen molar-refractivity contribution in [1.82, 2.24) is 10.2 Å². The van der Waals surface area contributed by atoms with Crippen LogP contribution in [0, 0.1) is 0 Å². The zero-order chi connectivity index (χ0) is 27.9. The molecular formula is C28H23Cl2N3O4S2. The van der Waals surface area contributed by atoms with Gasteiger partial charge in [-0.2, -0.15) is 0 Å². The summed E-state index contributed by atoms with van der Waals surface area (Å²) in [5.74, 6) is -1.41. The minimum atomic E-state index is -0.916. The van der Waals surface area contributed by atoms with Crippen molar-refractivity contribution < 1.29 is 19.1 Å². The van der Waals surface area contributed by atoms with E-state index in [1.165, 1.54) is 40.3 Å². The molecule has 2 aromatic carbocycles. The van der Waals surface area contributed by atoms with Gasteiger partial charge in [-0.3, -0.25) is 14.5 Å². The van der Waals surface area contributed by atoms with Gasteiger partial charge in [-0.1, -0.05) is 97.4 Å². The molecule has 1 N–H and O–H groups in total. The van der Waals surface area contributed by atoms with Crippen LogP contribution in [0.5, 0.6) is 0 Å². The molecule has 5 rings (SSSR count). The molecule has 1 aliphatic rings. The smallest absolute Gasteiger partial charge is 0.296 e. The summed E-state index contributed by atoms with van der Waals surface area (Å²) >= 11 is 14.9. The van der Waals surface area contributed by atoms with Gasteiger partial charge < -0.3 is 9.52 Å². The largest absolute Gasteiger partial charge is 0.503 e. The van der Waals surface area contributed by atoms with E-state index in [0.29, 0.717) is 25.7 Å². The molecule has 39 heavy (non-hydrogen) atoms. The molecule has 1 aliphatic heterocycles. The standard InChI is InChI=1S/C28H23Cl2N3O4S2/c1-28(2,3)17-9-6-15(7-10-17)22-21(23(34)20-5-4-12-37-20)24(35)25(36)33(22)26-31-32-27(39-26)38-14-16-8-11-18(29)13-19(16)30/h4-13,22,35H,14H2,1-3H3. The molecule has 3 heterocycles. The topological polar surface area (TPSA) is 96.5 Å². The number of aliphatic hydroxyl groups excluding tert-OH is 1. The monoisotopic (exact) mass is 599 g/mol. The number of hydrogen-bond donors (Lipinski definition) is 1.